The molecule has 1 atom stereocenters. The third kappa shape index (κ3) is 9.33. The van der Waals surface area contributed by atoms with Crippen LogP contribution in [0.1, 0.15) is 64.4 Å². The summed E-state index contributed by atoms with van der Waals surface area (Å²) in [5.74, 6) is 0.550. The summed E-state index contributed by atoms with van der Waals surface area (Å²) in [6, 6.07) is 15.1. The first-order valence-electron chi connectivity index (χ1n) is 16.4. The molecule has 2 aliphatic rings. The molecule has 0 aromatic heterocycles. The van der Waals surface area contributed by atoms with Crippen molar-refractivity contribution in [3.05, 3.63) is 54.1 Å². The van der Waals surface area contributed by atoms with Crippen molar-refractivity contribution < 1.29 is 19.2 Å². The van der Waals surface area contributed by atoms with Crippen LogP contribution in [0, 0.1) is 0 Å². The molecule has 0 radical (unpaired) electrons. The molecule has 2 aromatic rings. The highest BCUT2D eigenvalue weighted by atomic mass is 32.2. The van der Waals surface area contributed by atoms with E-state index in [9.17, 15) is 19.2 Å². The average molecular weight is 651 g/mol. The van der Waals surface area contributed by atoms with Crippen LogP contribution in [-0.2, 0) is 24.9 Å². The van der Waals surface area contributed by atoms with Gasteiger partial charge in [-0.25, -0.2) is 4.31 Å². The van der Waals surface area contributed by atoms with Crippen molar-refractivity contribution in [1.82, 2.24) is 14.5 Å². The fourth-order valence-electron chi connectivity index (χ4n) is 6.50. The second kappa shape index (κ2) is 16.9. The predicted molar refractivity (Wildman–Crippen MR) is 187 cm³/mol. The largest absolute Gasteiger partial charge is 0.370 e. The van der Waals surface area contributed by atoms with Crippen molar-refractivity contribution in [3.8, 4) is 0 Å². The van der Waals surface area contributed by atoms with Gasteiger partial charge in [0, 0.05) is 63.2 Å². The van der Waals surface area contributed by atoms with Crippen molar-refractivity contribution in [2.45, 2.75) is 82.2 Å². The van der Waals surface area contributed by atoms with Crippen LogP contribution in [0.5, 0.6) is 0 Å². The highest BCUT2D eigenvalue weighted by Crippen LogP contribution is 2.35. The minimum absolute atomic E-state index is 0.0173. The number of piperidine rings is 2. The molecule has 0 saturated carbocycles. The zero-order valence-electron chi connectivity index (χ0n) is 27.7. The van der Waals surface area contributed by atoms with E-state index in [1.54, 1.807) is 0 Å². The van der Waals surface area contributed by atoms with Gasteiger partial charge in [-0.1, -0.05) is 42.6 Å². The number of aldehydes is 1. The first-order valence-corrected chi connectivity index (χ1v) is 17.3. The Morgan fingerprint density at radius 1 is 1.04 bits per heavy atom. The van der Waals surface area contributed by atoms with E-state index >= 15 is 0 Å². The standard InChI is InChI=1S/C35H50N6O4S/c1-35(2)18-7-8-19-41(35)46-25-27-11-9-12-28(23-27)37-33(44)24-39-20-16-29(17-21-39)38(4)30-13-5-6-14-31(30)40(26-43)32(15-10-22-42)34(45)36-3/h5-6,9,11-14,22-23,26,29,32H,7-8,10,15-21,24-25H2,1-4H3,(H,36,45)(H,37,44). The van der Waals surface area contributed by atoms with Gasteiger partial charge in [0.25, 0.3) is 0 Å². The van der Waals surface area contributed by atoms with Crippen molar-refractivity contribution in [2.75, 3.05) is 55.4 Å². The molecule has 10 nitrogen and oxygen atoms in total. The summed E-state index contributed by atoms with van der Waals surface area (Å²) in [6.45, 7) is 7.62. The Labute approximate surface area is 278 Å². The molecule has 2 N–H and O–H groups in total. The lowest BCUT2D eigenvalue weighted by Gasteiger charge is -2.41. The summed E-state index contributed by atoms with van der Waals surface area (Å²) in [6.07, 6.45) is 7.30. The maximum Gasteiger partial charge on any atom is 0.242 e. The van der Waals surface area contributed by atoms with Gasteiger partial charge in [-0.2, -0.15) is 0 Å². The molecular weight excluding hydrogens is 600 g/mol. The minimum atomic E-state index is -0.788. The molecule has 2 fully saturated rings. The lowest BCUT2D eigenvalue weighted by Crippen LogP contribution is -2.48. The lowest BCUT2D eigenvalue weighted by molar-refractivity contribution is -0.123. The smallest absolute Gasteiger partial charge is 0.242 e. The van der Waals surface area contributed by atoms with Crippen LogP contribution in [0.3, 0.4) is 0 Å². The first kappa shape index (κ1) is 35.4. The van der Waals surface area contributed by atoms with Gasteiger partial charge in [0.15, 0.2) is 0 Å². The normalized spacial score (nSPS) is 17.9. The minimum Gasteiger partial charge on any atom is -0.370 e. The number of likely N-dealkylation sites (tertiary alicyclic amines) is 1. The summed E-state index contributed by atoms with van der Waals surface area (Å²) < 4.78 is 2.51. The average Bonchev–Trinajstić information content (AvgIpc) is 3.06. The number of hydrogen-bond donors (Lipinski definition) is 2. The van der Waals surface area contributed by atoms with Gasteiger partial charge >= 0.3 is 0 Å². The summed E-state index contributed by atoms with van der Waals surface area (Å²) >= 11 is 1.88. The van der Waals surface area contributed by atoms with Crippen LogP contribution < -0.4 is 20.4 Å². The van der Waals surface area contributed by atoms with Crippen LogP contribution in [0.4, 0.5) is 17.1 Å². The molecule has 2 heterocycles. The second-order valence-electron chi connectivity index (χ2n) is 12.9. The van der Waals surface area contributed by atoms with Crippen molar-refractivity contribution in [2.24, 2.45) is 0 Å². The molecule has 0 aliphatic carbocycles. The quantitative estimate of drug-likeness (QED) is 0.211. The number of rotatable bonds is 15. The number of para-hydroxylation sites is 2. The zero-order valence-corrected chi connectivity index (χ0v) is 28.6. The fourth-order valence-corrected chi connectivity index (χ4v) is 7.69. The highest BCUT2D eigenvalue weighted by molar-refractivity contribution is 7.96. The molecule has 2 aliphatic heterocycles. The molecule has 46 heavy (non-hydrogen) atoms. The molecule has 1 unspecified atom stereocenters. The Kier molecular flexibility index (Phi) is 13.1. The topological polar surface area (TPSA) is 105 Å². The Bertz CT molecular complexity index is 1330. The zero-order chi connectivity index (χ0) is 33.1. The van der Waals surface area contributed by atoms with Gasteiger partial charge in [-0.3, -0.25) is 19.3 Å². The number of nitrogens with zero attached hydrogens (tertiary/aromatic N) is 4. The van der Waals surface area contributed by atoms with E-state index in [0.717, 1.165) is 55.9 Å². The van der Waals surface area contributed by atoms with E-state index in [1.165, 1.54) is 36.8 Å². The molecule has 250 valence electrons. The Morgan fingerprint density at radius 2 is 1.78 bits per heavy atom. The second-order valence-corrected chi connectivity index (χ2v) is 13.9. The Morgan fingerprint density at radius 3 is 2.46 bits per heavy atom. The number of likely N-dealkylation sites (N-methyl/N-ethyl adjacent to an activating group) is 1. The Balaban J connectivity index is 1.31. The maximum absolute atomic E-state index is 13.0. The predicted octanol–water partition coefficient (Wildman–Crippen LogP) is 4.70. The number of carbonyl (C=O) groups excluding carboxylic acids is 4. The van der Waals surface area contributed by atoms with Crippen LogP contribution >= 0.6 is 11.9 Å². The molecule has 11 heteroatoms. The highest BCUT2D eigenvalue weighted by Gasteiger charge is 2.31. The molecule has 0 spiro atoms. The van der Waals surface area contributed by atoms with Crippen LogP contribution in [-0.4, -0.2) is 91.6 Å². The summed E-state index contributed by atoms with van der Waals surface area (Å²) in [5, 5.41) is 5.72. The maximum atomic E-state index is 13.0. The van der Waals surface area contributed by atoms with Crippen molar-refractivity contribution in [3.63, 3.8) is 0 Å². The molecule has 4 rings (SSSR count). The van der Waals surface area contributed by atoms with Crippen LogP contribution in [0.2, 0.25) is 0 Å². The van der Waals surface area contributed by atoms with E-state index < -0.39 is 6.04 Å². The van der Waals surface area contributed by atoms with E-state index in [1.807, 2.05) is 55.4 Å². The van der Waals surface area contributed by atoms with E-state index in [0.29, 0.717) is 18.6 Å². The number of hydrogen-bond acceptors (Lipinski definition) is 8. The van der Waals surface area contributed by atoms with Crippen molar-refractivity contribution >= 4 is 53.5 Å². The first-order chi connectivity index (χ1) is 22.2. The number of carbonyl (C=O) groups is 4. The van der Waals surface area contributed by atoms with E-state index in [4.69, 9.17) is 0 Å². The van der Waals surface area contributed by atoms with Gasteiger partial charge in [-0.05, 0) is 75.8 Å². The van der Waals surface area contributed by atoms with Crippen molar-refractivity contribution in [1.29, 1.82) is 0 Å². The lowest BCUT2D eigenvalue weighted by atomic mass is 9.93. The van der Waals surface area contributed by atoms with Crippen LogP contribution in [0.15, 0.2) is 48.5 Å². The number of nitrogens with one attached hydrogen (secondary N) is 2. The summed E-state index contributed by atoms with van der Waals surface area (Å²) in [4.78, 5) is 54.8. The summed E-state index contributed by atoms with van der Waals surface area (Å²) in [7, 11) is 3.53. The van der Waals surface area contributed by atoms with Gasteiger partial charge in [0.2, 0.25) is 18.2 Å². The molecule has 3 amide bonds. The number of anilines is 3. The monoisotopic (exact) mass is 650 g/mol. The third-order valence-corrected chi connectivity index (χ3v) is 10.7. The molecule has 2 aromatic carbocycles. The van der Waals surface area contributed by atoms with Gasteiger partial charge in [-0.15, -0.1) is 0 Å². The van der Waals surface area contributed by atoms with Gasteiger partial charge in [0.05, 0.1) is 17.9 Å². The van der Waals surface area contributed by atoms with Crippen LogP contribution in [0.25, 0.3) is 0 Å². The SMILES string of the molecule is CNC(=O)C(CCC=O)N(C=O)c1ccccc1N(C)C1CCN(CC(=O)Nc2cccc(CSN3CCCCC3(C)C)c2)CC1. The number of benzene rings is 2. The molecule has 2 saturated heterocycles. The molecule has 0 bridgehead atoms. The van der Waals surface area contributed by atoms with E-state index in [2.05, 4.69) is 50.7 Å². The molecular formula is C35H50N6O4S. The Hall–Kier alpha value is -3.41. The fraction of sp³-hybridized carbons (Fsp3) is 0.543. The van der Waals surface area contributed by atoms with Gasteiger partial charge in [0.1, 0.15) is 12.3 Å². The third-order valence-electron chi connectivity index (χ3n) is 9.24. The number of amides is 3. The summed E-state index contributed by atoms with van der Waals surface area (Å²) in [5.41, 5.74) is 3.71. The van der Waals surface area contributed by atoms with Gasteiger partial charge < -0.3 is 25.2 Å². The van der Waals surface area contributed by atoms with E-state index in [-0.39, 0.29) is 36.2 Å².